The molecule has 3 aromatic carbocycles. The third-order valence-electron chi connectivity index (χ3n) is 4.67. The summed E-state index contributed by atoms with van der Waals surface area (Å²) in [5.41, 5.74) is 4.02. The van der Waals surface area contributed by atoms with Gasteiger partial charge in [-0.25, -0.2) is 5.43 Å². The Hall–Kier alpha value is -3.08. The number of benzene rings is 3. The molecule has 0 fully saturated rings. The molecule has 0 saturated carbocycles. The standard InChI is InChI=1S/C25H22F3IN2O3/c1-3-33-22-12-18(11-21(29)23(22)34-15-17-9-7-16(2)8-10-17)14-30-31-24(32)19-5-4-6-20(13-19)25(26,27)28/h4-14H,3,15H2,1-2H3,(H,31,32)/b30-14-. The molecular weight excluding hydrogens is 560 g/mol. The van der Waals surface area contributed by atoms with Crippen LogP contribution in [0.1, 0.15) is 39.5 Å². The minimum Gasteiger partial charge on any atom is -0.490 e. The van der Waals surface area contributed by atoms with Crippen molar-refractivity contribution in [3.63, 3.8) is 0 Å². The highest BCUT2D eigenvalue weighted by Gasteiger charge is 2.30. The lowest BCUT2D eigenvalue weighted by atomic mass is 10.1. The number of carbonyl (C=O) groups is 1. The second-order valence-electron chi connectivity index (χ2n) is 7.31. The van der Waals surface area contributed by atoms with Gasteiger partial charge in [0.25, 0.3) is 5.91 Å². The van der Waals surface area contributed by atoms with Crippen LogP contribution in [0.4, 0.5) is 13.2 Å². The molecule has 0 aromatic heterocycles. The molecular formula is C25H22F3IN2O3. The van der Waals surface area contributed by atoms with E-state index < -0.39 is 17.6 Å². The quantitative estimate of drug-likeness (QED) is 0.191. The van der Waals surface area contributed by atoms with Gasteiger partial charge in [0.1, 0.15) is 6.61 Å². The summed E-state index contributed by atoms with van der Waals surface area (Å²) < 4.78 is 51.1. The van der Waals surface area contributed by atoms with Gasteiger partial charge in [0.05, 0.1) is 22.0 Å². The lowest BCUT2D eigenvalue weighted by molar-refractivity contribution is -0.137. The van der Waals surface area contributed by atoms with E-state index in [9.17, 15) is 18.0 Å². The van der Waals surface area contributed by atoms with Crippen molar-refractivity contribution >= 4 is 34.7 Å². The number of alkyl halides is 3. The van der Waals surface area contributed by atoms with Gasteiger partial charge >= 0.3 is 6.18 Å². The third kappa shape index (κ3) is 6.96. The molecule has 0 aliphatic rings. The Morgan fingerprint density at radius 3 is 2.50 bits per heavy atom. The zero-order valence-corrected chi connectivity index (χ0v) is 20.6. The van der Waals surface area contributed by atoms with Gasteiger partial charge in [-0.1, -0.05) is 35.9 Å². The fraction of sp³-hybridized carbons (Fsp3) is 0.200. The Bertz CT molecular complexity index is 1180. The summed E-state index contributed by atoms with van der Waals surface area (Å²) in [7, 11) is 0. The molecule has 0 bridgehead atoms. The normalized spacial score (nSPS) is 11.5. The summed E-state index contributed by atoms with van der Waals surface area (Å²) in [6.45, 7) is 4.66. The van der Waals surface area contributed by atoms with Gasteiger partial charge in [0, 0.05) is 5.56 Å². The topological polar surface area (TPSA) is 59.9 Å². The minimum atomic E-state index is -4.53. The highest BCUT2D eigenvalue weighted by molar-refractivity contribution is 14.1. The first-order chi connectivity index (χ1) is 16.2. The van der Waals surface area contributed by atoms with Crippen LogP contribution in [0, 0.1) is 10.5 Å². The summed E-state index contributed by atoms with van der Waals surface area (Å²) >= 11 is 2.12. The number of aryl methyl sites for hydroxylation is 1. The summed E-state index contributed by atoms with van der Waals surface area (Å²) in [6.07, 6.45) is -3.14. The van der Waals surface area contributed by atoms with Crippen LogP contribution < -0.4 is 14.9 Å². The van der Waals surface area contributed by atoms with Crippen molar-refractivity contribution in [1.29, 1.82) is 0 Å². The van der Waals surface area contributed by atoms with Crippen molar-refractivity contribution in [2.75, 3.05) is 6.61 Å². The molecule has 178 valence electrons. The molecule has 34 heavy (non-hydrogen) atoms. The first kappa shape index (κ1) is 25.5. The van der Waals surface area contributed by atoms with E-state index in [1.54, 1.807) is 12.1 Å². The first-order valence-corrected chi connectivity index (χ1v) is 11.4. The van der Waals surface area contributed by atoms with Crippen LogP contribution in [-0.2, 0) is 12.8 Å². The third-order valence-corrected chi connectivity index (χ3v) is 5.47. The van der Waals surface area contributed by atoms with Crippen molar-refractivity contribution < 1.29 is 27.4 Å². The first-order valence-electron chi connectivity index (χ1n) is 10.3. The Labute approximate surface area is 209 Å². The predicted octanol–water partition coefficient (Wildman–Crippen LogP) is 6.36. The Morgan fingerprint density at radius 2 is 1.82 bits per heavy atom. The number of amides is 1. The number of nitrogens with zero attached hydrogens (tertiary/aromatic N) is 1. The molecule has 3 aromatic rings. The van der Waals surface area contributed by atoms with Crippen LogP contribution in [-0.4, -0.2) is 18.7 Å². The highest BCUT2D eigenvalue weighted by atomic mass is 127. The number of hydrogen-bond acceptors (Lipinski definition) is 4. The van der Waals surface area contributed by atoms with E-state index in [1.807, 2.05) is 38.1 Å². The van der Waals surface area contributed by atoms with E-state index in [1.165, 1.54) is 18.3 Å². The average Bonchev–Trinajstić information content (AvgIpc) is 2.79. The van der Waals surface area contributed by atoms with Gasteiger partial charge in [0.15, 0.2) is 11.5 Å². The molecule has 0 aliphatic carbocycles. The van der Waals surface area contributed by atoms with Crippen LogP contribution in [0.25, 0.3) is 0 Å². The fourth-order valence-electron chi connectivity index (χ4n) is 2.97. The lowest BCUT2D eigenvalue weighted by Crippen LogP contribution is -2.18. The summed E-state index contributed by atoms with van der Waals surface area (Å²) in [6, 6.07) is 15.7. The molecule has 5 nitrogen and oxygen atoms in total. The van der Waals surface area contributed by atoms with Crippen molar-refractivity contribution in [3.8, 4) is 11.5 Å². The van der Waals surface area contributed by atoms with E-state index in [0.29, 0.717) is 30.3 Å². The van der Waals surface area contributed by atoms with E-state index in [-0.39, 0.29) is 5.56 Å². The number of hydrogen-bond donors (Lipinski definition) is 1. The van der Waals surface area contributed by atoms with Gasteiger partial charge in [-0.3, -0.25) is 4.79 Å². The van der Waals surface area contributed by atoms with Gasteiger partial charge in [-0.05, 0) is 77.9 Å². The van der Waals surface area contributed by atoms with E-state index in [0.717, 1.165) is 26.8 Å². The van der Waals surface area contributed by atoms with Crippen LogP contribution in [0.15, 0.2) is 65.8 Å². The van der Waals surface area contributed by atoms with Gasteiger partial charge in [0.2, 0.25) is 0 Å². The molecule has 0 heterocycles. The van der Waals surface area contributed by atoms with Crippen molar-refractivity contribution in [2.45, 2.75) is 26.6 Å². The number of hydrazone groups is 1. The number of rotatable bonds is 8. The SMILES string of the molecule is CCOc1cc(/C=N\NC(=O)c2cccc(C(F)(F)F)c2)cc(I)c1OCc1ccc(C)cc1. The van der Waals surface area contributed by atoms with Crippen molar-refractivity contribution in [2.24, 2.45) is 5.10 Å². The minimum absolute atomic E-state index is 0.142. The van der Waals surface area contributed by atoms with Gasteiger partial charge < -0.3 is 9.47 Å². The second kappa shape index (κ2) is 11.4. The summed E-state index contributed by atoms with van der Waals surface area (Å²) in [4.78, 5) is 12.2. The number of ether oxygens (including phenoxy) is 2. The maximum Gasteiger partial charge on any atom is 0.416 e. The second-order valence-corrected chi connectivity index (χ2v) is 8.48. The number of carbonyl (C=O) groups excluding carboxylic acids is 1. The zero-order chi connectivity index (χ0) is 24.7. The molecule has 0 spiro atoms. The molecule has 3 rings (SSSR count). The molecule has 0 aliphatic heterocycles. The molecule has 1 N–H and O–H groups in total. The van der Waals surface area contributed by atoms with E-state index in [4.69, 9.17) is 9.47 Å². The molecule has 9 heteroatoms. The number of nitrogens with one attached hydrogen (secondary N) is 1. The van der Waals surface area contributed by atoms with E-state index >= 15 is 0 Å². The van der Waals surface area contributed by atoms with Crippen LogP contribution in [0.3, 0.4) is 0 Å². The maximum atomic E-state index is 12.9. The van der Waals surface area contributed by atoms with Crippen LogP contribution in [0.2, 0.25) is 0 Å². The average molecular weight is 582 g/mol. The summed E-state index contributed by atoms with van der Waals surface area (Å²) in [5.74, 6) is 0.362. The Balaban J connectivity index is 1.72. The fourth-order valence-corrected chi connectivity index (χ4v) is 3.75. The smallest absolute Gasteiger partial charge is 0.416 e. The molecule has 0 unspecified atom stereocenters. The number of halogens is 4. The van der Waals surface area contributed by atoms with E-state index in [2.05, 4.69) is 33.1 Å². The van der Waals surface area contributed by atoms with Crippen LogP contribution in [0.5, 0.6) is 11.5 Å². The van der Waals surface area contributed by atoms with Crippen molar-refractivity contribution in [1.82, 2.24) is 5.43 Å². The van der Waals surface area contributed by atoms with Gasteiger partial charge in [-0.15, -0.1) is 0 Å². The highest BCUT2D eigenvalue weighted by Crippen LogP contribution is 2.34. The largest absolute Gasteiger partial charge is 0.490 e. The molecule has 0 saturated heterocycles. The Kier molecular flexibility index (Phi) is 8.54. The molecule has 0 radical (unpaired) electrons. The maximum absolute atomic E-state index is 12.9. The van der Waals surface area contributed by atoms with Crippen molar-refractivity contribution in [3.05, 3.63) is 92.1 Å². The summed E-state index contributed by atoms with van der Waals surface area (Å²) in [5, 5.41) is 3.88. The van der Waals surface area contributed by atoms with Crippen LogP contribution >= 0.6 is 22.6 Å². The molecule has 0 atom stereocenters. The lowest BCUT2D eigenvalue weighted by Gasteiger charge is -2.15. The van der Waals surface area contributed by atoms with Gasteiger partial charge in [-0.2, -0.15) is 18.3 Å². The molecule has 1 amide bonds. The monoisotopic (exact) mass is 582 g/mol. The Morgan fingerprint density at radius 1 is 1.09 bits per heavy atom. The predicted molar refractivity (Wildman–Crippen MR) is 132 cm³/mol. The zero-order valence-electron chi connectivity index (χ0n) is 18.4.